The number of benzene rings is 7. The van der Waals surface area contributed by atoms with Crippen LogP contribution in [0.5, 0.6) is 5.75 Å². The second-order valence-electron chi connectivity index (χ2n) is 18.9. The van der Waals surface area contributed by atoms with Gasteiger partial charge in [0.2, 0.25) is 17.5 Å². The molecular weight excluding hydrogens is 1170 g/mol. The Balaban J connectivity index is 0.000000148. The second-order valence-corrected chi connectivity index (χ2v) is 18.9. The number of aromatic nitrogens is 7. The minimum absolute atomic E-state index is 0.0180. The van der Waals surface area contributed by atoms with Gasteiger partial charge in [-0.15, -0.1) is 0 Å². The maximum Gasteiger partial charge on any atom is 0.419 e. The van der Waals surface area contributed by atoms with Crippen LogP contribution in [0.3, 0.4) is 0 Å². The summed E-state index contributed by atoms with van der Waals surface area (Å²) < 4.78 is 72.7. The Bertz CT molecular complexity index is 4160. The molecular formula is C64H46F3N11O12. The maximum atomic E-state index is 13.9. The third kappa shape index (κ3) is 16.1. The first-order valence-corrected chi connectivity index (χ1v) is 27.1. The molecule has 1 aliphatic heterocycles. The molecule has 0 unspecified atom stereocenters. The van der Waals surface area contributed by atoms with Crippen molar-refractivity contribution in [3.05, 3.63) is 234 Å². The molecule has 0 radical (unpaired) electrons. The van der Waals surface area contributed by atoms with E-state index in [9.17, 15) is 41.9 Å². The fourth-order valence-corrected chi connectivity index (χ4v) is 8.34. The second kappa shape index (κ2) is 29.2. The summed E-state index contributed by atoms with van der Waals surface area (Å²) >= 11 is 0. The number of alkyl carbamates (subject to hydrolysis) is 1. The Labute approximate surface area is 507 Å². The van der Waals surface area contributed by atoms with Gasteiger partial charge in [0.05, 0.1) is 29.9 Å². The van der Waals surface area contributed by atoms with Crippen molar-refractivity contribution in [3.8, 4) is 74.3 Å². The van der Waals surface area contributed by atoms with E-state index in [0.717, 1.165) is 0 Å². The summed E-state index contributed by atoms with van der Waals surface area (Å²) in [5.74, 6) is -2.13. The first-order chi connectivity index (χ1) is 43.8. The van der Waals surface area contributed by atoms with E-state index in [2.05, 4.69) is 56.7 Å². The molecule has 26 heteroatoms. The van der Waals surface area contributed by atoms with Crippen LogP contribution in [0.1, 0.15) is 43.9 Å². The number of urea groups is 1. The molecule has 0 bridgehead atoms. The number of nitrogens with one attached hydrogen (secondary N) is 4. The number of amides is 7. The Morgan fingerprint density at radius 2 is 0.856 bits per heavy atom. The van der Waals surface area contributed by atoms with Crippen molar-refractivity contribution >= 4 is 41.8 Å². The number of nitrogens with zero attached hydrogens (tertiary/aromatic N) is 7. The van der Waals surface area contributed by atoms with Gasteiger partial charge in [-0.2, -0.15) is 15.0 Å². The average Bonchev–Trinajstić information content (AvgIpc) is 1.92. The molecule has 11 aromatic rings. The Morgan fingerprint density at radius 3 is 1.29 bits per heavy atom. The number of ether oxygens (including phenoxy) is 3. The van der Waals surface area contributed by atoms with Crippen LogP contribution in [0.2, 0.25) is 0 Å². The smallest absolute Gasteiger partial charge is 0.419 e. The molecule has 0 spiro atoms. The number of rotatable bonds is 12. The molecule has 90 heavy (non-hydrogen) atoms. The molecule has 0 saturated carbocycles. The number of halogens is 3. The van der Waals surface area contributed by atoms with Crippen molar-refractivity contribution < 1.29 is 69.7 Å². The molecule has 0 atom stereocenters. The van der Waals surface area contributed by atoms with Crippen LogP contribution in [0.25, 0.3) is 68.5 Å². The van der Waals surface area contributed by atoms with Crippen LogP contribution in [0.4, 0.5) is 33.4 Å². The Kier molecular flexibility index (Phi) is 19.7. The van der Waals surface area contributed by atoms with Crippen molar-refractivity contribution in [2.45, 2.75) is 18.9 Å². The SMILES string of the molecule is O=C(NC(=O)c1cccc(-c2noc(-c3ccccc3F)n2)c1)Nc1ccccn1.O=C(NC(=O)c1cccc(-c2noc(-c3ccccc3F)n2)c1)OC1CCOCC1.O=C(NC(=O)c1cccc(-c2noc(-c3ccccc3F)n2)c1)Oc1ccccc1. The van der Waals surface area contributed by atoms with Gasteiger partial charge in [-0.05, 0) is 97.1 Å². The Hall–Kier alpha value is -12.3. The summed E-state index contributed by atoms with van der Waals surface area (Å²) in [6.07, 6.45) is 0.727. The van der Waals surface area contributed by atoms with Crippen LogP contribution in [-0.4, -0.2) is 90.7 Å². The van der Waals surface area contributed by atoms with Crippen molar-refractivity contribution in [3.63, 3.8) is 0 Å². The highest BCUT2D eigenvalue weighted by atomic mass is 19.1. The summed E-state index contributed by atoms with van der Waals surface area (Å²) in [6.45, 7) is 1.04. The molecule has 23 nitrogen and oxygen atoms in total. The summed E-state index contributed by atoms with van der Waals surface area (Å²) in [6, 6.07) is 49.7. The molecule has 12 rings (SSSR count). The molecule has 5 heterocycles. The molecule has 4 aromatic heterocycles. The number of pyridine rings is 1. The molecule has 1 fully saturated rings. The number of hydrogen-bond donors (Lipinski definition) is 4. The molecule has 1 saturated heterocycles. The lowest BCUT2D eigenvalue weighted by Crippen LogP contribution is -2.35. The van der Waals surface area contributed by atoms with Gasteiger partial charge >= 0.3 is 18.2 Å². The topological polar surface area (TPSA) is 308 Å². The molecule has 7 aromatic carbocycles. The van der Waals surface area contributed by atoms with Gasteiger partial charge in [-0.25, -0.2) is 32.5 Å². The van der Waals surface area contributed by atoms with E-state index in [1.54, 1.807) is 127 Å². The highest BCUT2D eigenvalue weighted by molar-refractivity contribution is 6.08. The van der Waals surface area contributed by atoms with E-state index in [-0.39, 0.29) is 74.6 Å². The molecule has 450 valence electrons. The summed E-state index contributed by atoms with van der Waals surface area (Å²) in [5.41, 5.74) is 2.56. The van der Waals surface area contributed by atoms with Gasteiger partial charge in [-0.3, -0.25) is 35.7 Å². The van der Waals surface area contributed by atoms with E-state index < -0.39 is 53.4 Å². The predicted molar refractivity (Wildman–Crippen MR) is 314 cm³/mol. The van der Waals surface area contributed by atoms with Gasteiger partial charge in [0.15, 0.2) is 0 Å². The first-order valence-electron chi connectivity index (χ1n) is 27.1. The van der Waals surface area contributed by atoms with E-state index in [0.29, 0.717) is 54.3 Å². The fourth-order valence-electron chi connectivity index (χ4n) is 8.34. The summed E-state index contributed by atoms with van der Waals surface area (Å²) in [7, 11) is 0. The maximum absolute atomic E-state index is 13.9. The molecule has 4 N–H and O–H groups in total. The lowest BCUT2D eigenvalue weighted by Gasteiger charge is -2.22. The number of para-hydroxylation sites is 1. The number of hydrogen-bond acceptors (Lipinski definition) is 19. The van der Waals surface area contributed by atoms with Crippen molar-refractivity contribution in [2.24, 2.45) is 0 Å². The van der Waals surface area contributed by atoms with Gasteiger partial charge in [-0.1, -0.05) is 113 Å². The minimum Gasteiger partial charge on any atom is -0.446 e. The molecule has 1 aliphatic rings. The highest BCUT2D eigenvalue weighted by Crippen LogP contribution is 2.28. The van der Waals surface area contributed by atoms with Crippen molar-refractivity contribution in [2.75, 3.05) is 18.5 Å². The van der Waals surface area contributed by atoms with E-state index >= 15 is 0 Å². The third-order valence-corrected chi connectivity index (χ3v) is 12.7. The van der Waals surface area contributed by atoms with Crippen molar-refractivity contribution in [1.29, 1.82) is 0 Å². The average molecular weight is 1220 g/mol. The largest absolute Gasteiger partial charge is 0.446 e. The van der Waals surface area contributed by atoms with Gasteiger partial charge < -0.3 is 27.8 Å². The van der Waals surface area contributed by atoms with Crippen molar-refractivity contribution in [1.82, 2.24) is 51.4 Å². The van der Waals surface area contributed by atoms with Gasteiger partial charge in [0, 0.05) is 52.4 Å². The monoisotopic (exact) mass is 1220 g/mol. The summed E-state index contributed by atoms with van der Waals surface area (Å²) in [5, 5.41) is 20.6. The van der Waals surface area contributed by atoms with Crippen LogP contribution in [0, 0.1) is 17.5 Å². The molecule has 7 amide bonds. The number of carbonyl (C=O) groups excluding carboxylic acids is 6. The standard InChI is InChI=1S/C22H14FN3O4.C21H14FN5O3.C21H18FN3O5/c23-18-12-5-4-11-17(18)21-24-19(26-30-21)14-7-6-8-15(13-14)20(27)25-22(28)29-16-9-2-1-3-10-16;22-16-9-2-1-8-15(16)20-25-18(27-30-20)13-6-5-7-14(12-13)19(28)26-21(29)24-17-10-3-4-11-23-17;22-17-7-2-1-6-16(17)20-23-18(25-30-20)13-4-3-5-14(12-13)19(26)24-21(27)29-15-8-10-28-11-9-15/h1-13H,(H,25,27,28);1-12H,(H2,23,24,26,28,29);1-7,12,15H,8-11H2,(H,24,26,27). The molecule has 0 aliphatic carbocycles. The normalized spacial score (nSPS) is 11.7. The minimum atomic E-state index is -0.905. The quantitative estimate of drug-likeness (QED) is 0.0883. The Morgan fingerprint density at radius 1 is 0.444 bits per heavy atom. The van der Waals surface area contributed by atoms with Crippen LogP contribution >= 0.6 is 0 Å². The zero-order valence-electron chi connectivity index (χ0n) is 46.6. The lowest BCUT2D eigenvalue weighted by molar-refractivity contribution is 0.00199. The van der Waals surface area contributed by atoms with E-state index in [4.69, 9.17) is 27.8 Å². The van der Waals surface area contributed by atoms with Crippen LogP contribution in [-0.2, 0) is 9.47 Å². The predicted octanol–water partition coefficient (Wildman–Crippen LogP) is 12.0. The lowest BCUT2D eigenvalue weighted by atomic mass is 10.1. The summed E-state index contributed by atoms with van der Waals surface area (Å²) in [4.78, 5) is 89.6. The fraction of sp³-hybridized carbons (Fsp3) is 0.0781. The zero-order valence-corrected chi connectivity index (χ0v) is 46.6. The number of imide groups is 3. The van der Waals surface area contributed by atoms with Gasteiger partial charge in [0.1, 0.15) is 35.1 Å². The van der Waals surface area contributed by atoms with E-state index in [1.165, 1.54) is 72.9 Å². The van der Waals surface area contributed by atoms with Crippen LogP contribution < -0.4 is 26.0 Å². The zero-order chi connectivity index (χ0) is 62.8. The van der Waals surface area contributed by atoms with E-state index in [1.807, 2.05) is 0 Å². The van der Waals surface area contributed by atoms with Crippen LogP contribution in [0.15, 0.2) is 214 Å². The number of carbonyl (C=O) groups is 6. The van der Waals surface area contributed by atoms with Gasteiger partial charge in [0.25, 0.3) is 35.4 Å². The number of anilines is 1. The first kappa shape index (κ1) is 60.8. The highest BCUT2D eigenvalue weighted by Gasteiger charge is 2.23. The third-order valence-electron chi connectivity index (χ3n) is 12.7.